The molecule has 0 amide bonds. The Morgan fingerprint density at radius 2 is 2.09 bits per heavy atom. The largest absolute Gasteiger partial charge is 0.381 e. The molecule has 0 bridgehead atoms. The molecule has 4 rings (SSSR count). The van der Waals surface area contributed by atoms with Gasteiger partial charge < -0.3 is 9.30 Å². The highest BCUT2D eigenvalue weighted by molar-refractivity contribution is 7.09. The van der Waals surface area contributed by atoms with E-state index in [4.69, 9.17) is 9.72 Å². The van der Waals surface area contributed by atoms with E-state index in [-0.39, 0.29) is 0 Å². The highest BCUT2D eigenvalue weighted by Crippen LogP contribution is 2.33. The van der Waals surface area contributed by atoms with Crippen molar-refractivity contribution in [3.05, 3.63) is 64.7 Å². The molecule has 3 nitrogen and oxygen atoms in total. The Kier molecular flexibility index (Phi) is 4.26. The number of hydrogen-bond acceptors (Lipinski definition) is 3. The van der Waals surface area contributed by atoms with Gasteiger partial charge in [0.05, 0.1) is 24.3 Å². The summed E-state index contributed by atoms with van der Waals surface area (Å²) in [7, 11) is 0. The molecule has 23 heavy (non-hydrogen) atoms. The summed E-state index contributed by atoms with van der Waals surface area (Å²) in [6.07, 6.45) is 4.15. The van der Waals surface area contributed by atoms with Crippen molar-refractivity contribution in [1.82, 2.24) is 9.55 Å². The molecule has 0 saturated carbocycles. The van der Waals surface area contributed by atoms with Crippen LogP contribution in [0.5, 0.6) is 0 Å². The highest BCUT2D eigenvalue weighted by Gasteiger charge is 2.25. The van der Waals surface area contributed by atoms with Gasteiger partial charge in [0.1, 0.15) is 0 Å². The maximum atomic E-state index is 5.64. The predicted molar refractivity (Wildman–Crippen MR) is 93.9 cm³/mol. The lowest BCUT2D eigenvalue weighted by atomic mass is 9.99. The second-order valence-electron chi connectivity index (χ2n) is 5.93. The van der Waals surface area contributed by atoms with Gasteiger partial charge in [-0.05, 0) is 24.3 Å². The summed E-state index contributed by atoms with van der Waals surface area (Å²) in [4.78, 5) is 6.17. The standard InChI is InChI=1S/C19H20N2OS/c1-2-5-15(6-3-1)18-19(16-9-11-22-13-16)21(14-20-18)10-8-17-7-4-12-23-17/h1-7,12,14,16H,8-11,13H2/t16-/m0/s1. The fourth-order valence-corrected chi connectivity index (χ4v) is 3.95. The zero-order valence-corrected chi connectivity index (χ0v) is 13.8. The SMILES string of the molecule is c1ccc(-c2ncn(CCc3cccs3)c2[C@H]2CCOC2)cc1. The van der Waals surface area contributed by atoms with Crippen molar-refractivity contribution in [1.29, 1.82) is 0 Å². The summed E-state index contributed by atoms with van der Waals surface area (Å²) in [6.45, 7) is 2.64. The van der Waals surface area contributed by atoms with Crippen LogP contribution in [0.4, 0.5) is 0 Å². The lowest BCUT2D eigenvalue weighted by Crippen LogP contribution is -2.10. The van der Waals surface area contributed by atoms with Gasteiger partial charge in [0.2, 0.25) is 0 Å². The molecular weight excluding hydrogens is 304 g/mol. The summed E-state index contributed by atoms with van der Waals surface area (Å²) in [6, 6.07) is 14.8. The average molecular weight is 324 g/mol. The molecule has 0 N–H and O–H groups in total. The van der Waals surface area contributed by atoms with Crippen molar-refractivity contribution in [3.63, 3.8) is 0 Å². The van der Waals surface area contributed by atoms with Crippen LogP contribution >= 0.6 is 11.3 Å². The first-order chi connectivity index (χ1) is 11.4. The summed E-state index contributed by atoms with van der Waals surface area (Å²) in [5.74, 6) is 0.455. The van der Waals surface area contributed by atoms with Crippen LogP contribution in [0.2, 0.25) is 0 Å². The van der Waals surface area contributed by atoms with E-state index in [1.165, 1.54) is 16.1 Å². The van der Waals surface area contributed by atoms with Gasteiger partial charge >= 0.3 is 0 Å². The van der Waals surface area contributed by atoms with E-state index in [0.717, 1.165) is 38.3 Å². The van der Waals surface area contributed by atoms with Crippen LogP contribution in [0.25, 0.3) is 11.3 Å². The van der Waals surface area contributed by atoms with Gasteiger partial charge in [-0.1, -0.05) is 36.4 Å². The molecule has 0 radical (unpaired) electrons. The van der Waals surface area contributed by atoms with Crippen LogP contribution in [-0.2, 0) is 17.7 Å². The number of nitrogens with zero attached hydrogens (tertiary/aromatic N) is 2. The smallest absolute Gasteiger partial charge is 0.0956 e. The van der Waals surface area contributed by atoms with Gasteiger partial charge in [0.15, 0.2) is 0 Å². The van der Waals surface area contributed by atoms with E-state index < -0.39 is 0 Å². The predicted octanol–water partition coefficient (Wildman–Crippen LogP) is 4.36. The van der Waals surface area contributed by atoms with Crippen molar-refractivity contribution in [2.24, 2.45) is 0 Å². The minimum absolute atomic E-state index is 0.455. The average Bonchev–Trinajstić information content (AvgIpc) is 3.34. The third kappa shape index (κ3) is 3.09. The lowest BCUT2D eigenvalue weighted by Gasteiger charge is -2.14. The first-order valence-electron chi connectivity index (χ1n) is 8.12. The monoisotopic (exact) mass is 324 g/mol. The van der Waals surface area contributed by atoms with Crippen LogP contribution in [0, 0.1) is 0 Å². The van der Waals surface area contributed by atoms with E-state index in [0.29, 0.717) is 5.92 Å². The van der Waals surface area contributed by atoms with Crippen molar-refractivity contribution >= 4 is 11.3 Å². The van der Waals surface area contributed by atoms with Crippen LogP contribution in [-0.4, -0.2) is 22.8 Å². The molecule has 3 heterocycles. The van der Waals surface area contributed by atoms with Crippen molar-refractivity contribution in [2.45, 2.75) is 25.3 Å². The van der Waals surface area contributed by atoms with E-state index in [1.54, 1.807) is 0 Å². The Morgan fingerprint density at radius 1 is 1.17 bits per heavy atom. The van der Waals surface area contributed by atoms with Crippen LogP contribution in [0.15, 0.2) is 54.2 Å². The third-order valence-corrected chi connectivity index (χ3v) is 5.36. The fraction of sp³-hybridized carbons (Fsp3) is 0.316. The Labute approximate surface area is 140 Å². The first kappa shape index (κ1) is 14.7. The topological polar surface area (TPSA) is 27.1 Å². The number of rotatable bonds is 5. The Bertz CT molecular complexity index is 743. The summed E-state index contributed by atoms with van der Waals surface area (Å²) >= 11 is 1.83. The Hall–Kier alpha value is -1.91. The summed E-state index contributed by atoms with van der Waals surface area (Å²) < 4.78 is 7.97. The second-order valence-corrected chi connectivity index (χ2v) is 6.96. The maximum absolute atomic E-state index is 5.64. The molecule has 2 aromatic heterocycles. The molecule has 0 aliphatic carbocycles. The molecule has 3 aromatic rings. The number of benzene rings is 1. The van der Waals surface area contributed by atoms with E-state index in [2.05, 4.69) is 52.4 Å². The van der Waals surface area contributed by atoms with Crippen molar-refractivity contribution in [2.75, 3.05) is 13.2 Å². The summed E-state index contributed by atoms with van der Waals surface area (Å²) in [5, 5.41) is 2.14. The molecule has 1 fully saturated rings. The zero-order valence-electron chi connectivity index (χ0n) is 13.0. The molecular formula is C19H20N2OS. The molecule has 1 aliphatic heterocycles. The van der Waals surface area contributed by atoms with Gasteiger partial charge in [-0.3, -0.25) is 0 Å². The van der Waals surface area contributed by atoms with E-state index in [9.17, 15) is 0 Å². The van der Waals surface area contributed by atoms with Crippen molar-refractivity contribution in [3.8, 4) is 11.3 Å². The summed E-state index contributed by atoms with van der Waals surface area (Å²) in [5.41, 5.74) is 3.65. The van der Waals surface area contributed by atoms with Crippen molar-refractivity contribution < 1.29 is 4.74 Å². The molecule has 1 saturated heterocycles. The number of ether oxygens (including phenoxy) is 1. The number of hydrogen-bond donors (Lipinski definition) is 0. The minimum atomic E-state index is 0.455. The highest BCUT2D eigenvalue weighted by atomic mass is 32.1. The molecule has 1 atom stereocenters. The number of aryl methyl sites for hydroxylation is 2. The number of thiophene rings is 1. The van der Waals surface area contributed by atoms with E-state index in [1.807, 2.05) is 17.7 Å². The first-order valence-corrected chi connectivity index (χ1v) is 9.00. The third-order valence-electron chi connectivity index (χ3n) is 4.42. The Balaban J connectivity index is 1.66. The molecule has 118 valence electrons. The lowest BCUT2D eigenvalue weighted by molar-refractivity contribution is 0.193. The molecule has 0 unspecified atom stereocenters. The van der Waals surface area contributed by atoms with Crippen LogP contribution in [0.3, 0.4) is 0 Å². The molecule has 1 aliphatic rings. The maximum Gasteiger partial charge on any atom is 0.0956 e. The van der Waals surface area contributed by atoms with Gasteiger partial charge in [0.25, 0.3) is 0 Å². The molecule has 4 heteroatoms. The zero-order chi connectivity index (χ0) is 15.5. The van der Waals surface area contributed by atoms with Gasteiger partial charge in [-0.15, -0.1) is 11.3 Å². The normalized spacial score (nSPS) is 17.7. The number of aromatic nitrogens is 2. The second kappa shape index (κ2) is 6.69. The van der Waals surface area contributed by atoms with Gasteiger partial charge in [0, 0.05) is 29.5 Å². The van der Waals surface area contributed by atoms with Crippen LogP contribution < -0.4 is 0 Å². The Morgan fingerprint density at radius 3 is 2.83 bits per heavy atom. The van der Waals surface area contributed by atoms with Gasteiger partial charge in [-0.25, -0.2) is 4.98 Å². The molecule has 1 aromatic carbocycles. The quantitative estimate of drug-likeness (QED) is 0.697. The fourth-order valence-electron chi connectivity index (χ4n) is 3.25. The molecule has 0 spiro atoms. The van der Waals surface area contributed by atoms with Gasteiger partial charge in [-0.2, -0.15) is 0 Å². The van der Waals surface area contributed by atoms with E-state index >= 15 is 0 Å². The minimum Gasteiger partial charge on any atom is -0.381 e. The van der Waals surface area contributed by atoms with Crippen LogP contribution in [0.1, 0.15) is 22.9 Å². The number of imidazole rings is 1.